The summed E-state index contributed by atoms with van der Waals surface area (Å²) >= 11 is 13.7. The fourth-order valence-corrected chi connectivity index (χ4v) is 3.66. The third kappa shape index (κ3) is 1.99. The number of Topliss-reactive ketones (excluding diaryl/α,β-unsaturated/α-hetero) is 1. The van der Waals surface area contributed by atoms with Crippen LogP contribution in [0, 0.1) is 5.92 Å². The van der Waals surface area contributed by atoms with Gasteiger partial charge in [0, 0.05) is 11.3 Å². The molecule has 86 valence electrons. The van der Waals surface area contributed by atoms with Gasteiger partial charge in [0.15, 0.2) is 5.78 Å². The molecule has 0 fully saturated rings. The van der Waals surface area contributed by atoms with Crippen LogP contribution in [0.2, 0.25) is 10.0 Å². The van der Waals surface area contributed by atoms with Gasteiger partial charge in [0.05, 0.1) is 15.3 Å². The molecule has 0 N–H and O–H groups in total. The maximum Gasteiger partial charge on any atom is 0.176 e. The van der Waals surface area contributed by atoms with Crippen LogP contribution in [0.4, 0.5) is 0 Å². The van der Waals surface area contributed by atoms with Crippen molar-refractivity contribution in [1.82, 2.24) is 0 Å². The number of benzene rings is 1. The van der Waals surface area contributed by atoms with Crippen molar-refractivity contribution in [3.05, 3.63) is 33.3 Å². The van der Waals surface area contributed by atoms with Gasteiger partial charge in [-0.05, 0) is 23.6 Å². The summed E-state index contributed by atoms with van der Waals surface area (Å²) in [5.74, 6) is 1.29. The molecule has 1 atom stereocenters. The first kappa shape index (κ1) is 12.3. The quantitative estimate of drug-likeness (QED) is 0.753. The Balaban J connectivity index is 2.47. The summed E-state index contributed by atoms with van der Waals surface area (Å²) in [4.78, 5) is 12.2. The zero-order valence-corrected chi connectivity index (χ0v) is 11.4. The number of halogens is 2. The molecule has 0 saturated heterocycles. The lowest BCUT2D eigenvalue weighted by molar-refractivity contribution is 0.0973. The van der Waals surface area contributed by atoms with E-state index < -0.39 is 0 Å². The van der Waals surface area contributed by atoms with Gasteiger partial charge in [-0.3, -0.25) is 4.79 Å². The van der Waals surface area contributed by atoms with Crippen molar-refractivity contribution in [2.24, 2.45) is 5.92 Å². The Morgan fingerprint density at radius 3 is 2.69 bits per heavy atom. The van der Waals surface area contributed by atoms with Crippen LogP contribution in [0.15, 0.2) is 12.1 Å². The Hall–Kier alpha value is -0.180. The van der Waals surface area contributed by atoms with Crippen LogP contribution in [0.3, 0.4) is 0 Å². The van der Waals surface area contributed by atoms with Crippen molar-refractivity contribution in [2.45, 2.75) is 24.9 Å². The first-order valence-corrected chi connectivity index (χ1v) is 6.95. The summed E-state index contributed by atoms with van der Waals surface area (Å²) in [6, 6.07) is 3.50. The predicted octanol–water partition coefficient (Wildman–Crippen LogP) is 4.45. The number of rotatable bonds is 1. The topological polar surface area (TPSA) is 17.1 Å². The van der Waals surface area contributed by atoms with Gasteiger partial charge >= 0.3 is 0 Å². The Kier molecular flexibility index (Phi) is 3.53. The third-order valence-electron chi connectivity index (χ3n) is 2.73. The number of carbonyl (C=O) groups excluding carboxylic acids is 1. The lowest BCUT2D eigenvalue weighted by Gasteiger charge is -2.26. The fourth-order valence-electron chi connectivity index (χ4n) is 1.86. The van der Waals surface area contributed by atoms with E-state index in [-0.39, 0.29) is 11.0 Å². The third-order valence-corrected chi connectivity index (χ3v) is 5.15. The Bertz CT molecular complexity index is 443. The summed E-state index contributed by atoms with van der Waals surface area (Å²) in [6.45, 7) is 4.14. The lowest BCUT2D eigenvalue weighted by Crippen LogP contribution is -2.28. The van der Waals surface area contributed by atoms with Gasteiger partial charge < -0.3 is 0 Å². The second kappa shape index (κ2) is 4.59. The highest BCUT2D eigenvalue weighted by molar-refractivity contribution is 8.00. The number of ketones is 1. The Morgan fingerprint density at radius 1 is 1.38 bits per heavy atom. The molecule has 1 aromatic rings. The van der Waals surface area contributed by atoms with E-state index in [4.69, 9.17) is 23.2 Å². The van der Waals surface area contributed by atoms with E-state index in [1.807, 2.05) is 0 Å². The number of hydrogen-bond donors (Lipinski definition) is 0. The first-order chi connectivity index (χ1) is 7.52. The molecular weight excluding hydrogens is 263 g/mol. The molecule has 1 nitrogen and oxygen atoms in total. The van der Waals surface area contributed by atoms with Crippen molar-refractivity contribution < 1.29 is 4.79 Å². The zero-order chi connectivity index (χ0) is 11.9. The molecule has 1 heterocycles. The number of hydrogen-bond acceptors (Lipinski definition) is 2. The molecular formula is C12H12Cl2OS. The van der Waals surface area contributed by atoms with Crippen molar-refractivity contribution in [3.63, 3.8) is 0 Å². The summed E-state index contributed by atoms with van der Waals surface area (Å²) in [5.41, 5.74) is 1.63. The van der Waals surface area contributed by atoms with Crippen molar-refractivity contribution >= 4 is 40.7 Å². The van der Waals surface area contributed by atoms with Crippen LogP contribution in [-0.4, -0.2) is 11.0 Å². The van der Waals surface area contributed by atoms with E-state index in [0.29, 0.717) is 16.0 Å². The monoisotopic (exact) mass is 274 g/mol. The van der Waals surface area contributed by atoms with Crippen LogP contribution in [0.5, 0.6) is 0 Å². The molecule has 0 spiro atoms. The maximum atomic E-state index is 12.2. The Labute approximate surface area is 110 Å². The van der Waals surface area contributed by atoms with Gasteiger partial charge in [0.1, 0.15) is 0 Å². The SMILES string of the molecule is CC(C)C1SCc2c(ccc(Cl)c2Cl)C1=O. The van der Waals surface area contributed by atoms with Gasteiger partial charge in [-0.15, -0.1) is 11.8 Å². The highest BCUT2D eigenvalue weighted by Crippen LogP contribution is 2.39. The van der Waals surface area contributed by atoms with Crippen molar-refractivity contribution in [2.75, 3.05) is 0 Å². The summed E-state index contributed by atoms with van der Waals surface area (Å²) in [7, 11) is 0. The molecule has 0 aliphatic carbocycles. The second-order valence-corrected chi connectivity index (χ2v) is 6.14. The molecule has 1 unspecified atom stereocenters. The largest absolute Gasteiger partial charge is 0.293 e. The summed E-state index contributed by atoms with van der Waals surface area (Å²) < 4.78 is 0. The number of carbonyl (C=O) groups is 1. The van der Waals surface area contributed by atoms with Crippen LogP contribution < -0.4 is 0 Å². The van der Waals surface area contributed by atoms with E-state index in [0.717, 1.165) is 16.9 Å². The van der Waals surface area contributed by atoms with E-state index in [2.05, 4.69) is 13.8 Å². The molecule has 0 aromatic heterocycles. The predicted molar refractivity (Wildman–Crippen MR) is 70.7 cm³/mol. The average Bonchev–Trinajstić information content (AvgIpc) is 2.23. The van der Waals surface area contributed by atoms with E-state index >= 15 is 0 Å². The summed E-state index contributed by atoms with van der Waals surface area (Å²) in [5, 5.41) is 1.10. The first-order valence-electron chi connectivity index (χ1n) is 5.15. The van der Waals surface area contributed by atoms with Crippen LogP contribution in [0.25, 0.3) is 0 Å². The van der Waals surface area contributed by atoms with Crippen LogP contribution in [0.1, 0.15) is 29.8 Å². The highest BCUT2D eigenvalue weighted by atomic mass is 35.5. The minimum atomic E-state index is 0.0461. The molecule has 4 heteroatoms. The van der Waals surface area contributed by atoms with Crippen LogP contribution >= 0.6 is 35.0 Å². The number of thioether (sulfide) groups is 1. The van der Waals surface area contributed by atoms with Gasteiger partial charge in [-0.25, -0.2) is 0 Å². The van der Waals surface area contributed by atoms with Gasteiger partial charge in [0.25, 0.3) is 0 Å². The fraction of sp³-hybridized carbons (Fsp3) is 0.417. The van der Waals surface area contributed by atoms with Crippen LogP contribution in [-0.2, 0) is 5.75 Å². The standard InChI is InChI=1S/C12H12Cl2OS/c1-6(2)12-11(15)7-3-4-9(13)10(14)8(7)5-16-12/h3-4,6,12H,5H2,1-2H3. The molecule has 16 heavy (non-hydrogen) atoms. The minimum Gasteiger partial charge on any atom is -0.293 e. The normalized spacial score (nSPS) is 20.1. The van der Waals surface area contributed by atoms with E-state index in [1.165, 1.54) is 0 Å². The Morgan fingerprint density at radius 2 is 2.06 bits per heavy atom. The molecule has 2 rings (SSSR count). The highest BCUT2D eigenvalue weighted by Gasteiger charge is 2.31. The van der Waals surface area contributed by atoms with E-state index in [9.17, 15) is 4.79 Å². The molecule has 0 amide bonds. The molecule has 1 aliphatic heterocycles. The van der Waals surface area contributed by atoms with Crippen molar-refractivity contribution in [1.29, 1.82) is 0 Å². The zero-order valence-electron chi connectivity index (χ0n) is 9.09. The van der Waals surface area contributed by atoms with Crippen molar-refractivity contribution in [3.8, 4) is 0 Å². The van der Waals surface area contributed by atoms with E-state index in [1.54, 1.807) is 23.9 Å². The minimum absolute atomic E-state index is 0.0461. The molecule has 1 aromatic carbocycles. The second-order valence-electron chi connectivity index (χ2n) is 4.23. The van der Waals surface area contributed by atoms with Gasteiger partial charge in [-0.2, -0.15) is 0 Å². The molecule has 1 aliphatic rings. The molecule has 0 radical (unpaired) electrons. The average molecular weight is 275 g/mol. The molecule has 0 bridgehead atoms. The maximum absolute atomic E-state index is 12.2. The van der Waals surface area contributed by atoms with Gasteiger partial charge in [-0.1, -0.05) is 37.0 Å². The number of fused-ring (bicyclic) bond motifs is 1. The smallest absolute Gasteiger partial charge is 0.176 e. The van der Waals surface area contributed by atoms with Gasteiger partial charge in [0.2, 0.25) is 0 Å². The summed E-state index contributed by atoms with van der Waals surface area (Å²) in [6.07, 6.45) is 0. The lowest BCUT2D eigenvalue weighted by atomic mass is 9.96. The molecule has 0 saturated carbocycles.